The van der Waals surface area contributed by atoms with Crippen LogP contribution in [0.1, 0.15) is 38.5 Å². The predicted molar refractivity (Wildman–Crippen MR) is 42.5 cm³/mol. The first-order valence-electron chi connectivity index (χ1n) is 4.60. The standard InChI is InChI=1S/C9H14O3/c10-7-5-8(11)12-9(6-7)3-1-2-4-9/h7,10H,1-6H2. The quantitative estimate of drug-likeness (QED) is 0.551. The van der Waals surface area contributed by atoms with Crippen molar-refractivity contribution in [2.24, 2.45) is 0 Å². The zero-order valence-electron chi connectivity index (χ0n) is 7.08. The summed E-state index contributed by atoms with van der Waals surface area (Å²) in [5, 5.41) is 9.40. The van der Waals surface area contributed by atoms with Gasteiger partial charge in [0.2, 0.25) is 0 Å². The highest BCUT2D eigenvalue weighted by molar-refractivity contribution is 5.71. The van der Waals surface area contributed by atoms with Crippen LogP contribution in [0.4, 0.5) is 0 Å². The molecule has 1 spiro atoms. The van der Waals surface area contributed by atoms with E-state index in [0.717, 1.165) is 25.7 Å². The minimum absolute atomic E-state index is 0.182. The minimum Gasteiger partial charge on any atom is -0.459 e. The van der Waals surface area contributed by atoms with E-state index in [0.29, 0.717) is 6.42 Å². The van der Waals surface area contributed by atoms with Crippen LogP contribution in [-0.2, 0) is 9.53 Å². The Morgan fingerprint density at radius 1 is 1.42 bits per heavy atom. The van der Waals surface area contributed by atoms with Gasteiger partial charge in [0.15, 0.2) is 0 Å². The average molecular weight is 170 g/mol. The number of hydrogen-bond donors (Lipinski definition) is 1. The molecule has 0 radical (unpaired) electrons. The van der Waals surface area contributed by atoms with E-state index in [4.69, 9.17) is 4.74 Å². The largest absolute Gasteiger partial charge is 0.459 e. The van der Waals surface area contributed by atoms with Crippen molar-refractivity contribution in [1.29, 1.82) is 0 Å². The van der Waals surface area contributed by atoms with Crippen LogP contribution in [0.2, 0.25) is 0 Å². The van der Waals surface area contributed by atoms with Gasteiger partial charge in [0, 0.05) is 6.42 Å². The molecule has 2 rings (SSSR count). The van der Waals surface area contributed by atoms with Gasteiger partial charge in [-0.25, -0.2) is 0 Å². The molecule has 3 nitrogen and oxygen atoms in total. The summed E-state index contributed by atoms with van der Waals surface area (Å²) in [7, 11) is 0. The average Bonchev–Trinajstić information content (AvgIpc) is 2.33. The van der Waals surface area contributed by atoms with Crippen LogP contribution in [0.25, 0.3) is 0 Å². The van der Waals surface area contributed by atoms with Gasteiger partial charge >= 0.3 is 5.97 Å². The number of carbonyl (C=O) groups is 1. The lowest BCUT2D eigenvalue weighted by Crippen LogP contribution is -2.42. The molecule has 0 amide bonds. The number of esters is 1. The predicted octanol–water partition coefficient (Wildman–Crippen LogP) is 0.997. The topological polar surface area (TPSA) is 46.5 Å². The summed E-state index contributed by atoms with van der Waals surface area (Å²) in [5.41, 5.74) is -0.283. The Labute approximate surface area is 71.7 Å². The second-order valence-corrected chi connectivity index (χ2v) is 3.93. The number of hydrogen-bond acceptors (Lipinski definition) is 3. The Kier molecular flexibility index (Phi) is 1.83. The van der Waals surface area contributed by atoms with Gasteiger partial charge in [-0.2, -0.15) is 0 Å². The number of ether oxygens (including phenoxy) is 1. The summed E-state index contributed by atoms with van der Waals surface area (Å²) < 4.78 is 5.31. The van der Waals surface area contributed by atoms with Gasteiger partial charge in [-0.1, -0.05) is 0 Å². The molecule has 1 atom stereocenters. The van der Waals surface area contributed by atoms with Gasteiger partial charge < -0.3 is 9.84 Å². The van der Waals surface area contributed by atoms with Gasteiger partial charge in [-0.3, -0.25) is 4.79 Å². The second kappa shape index (κ2) is 2.73. The Balaban J connectivity index is 2.09. The first kappa shape index (κ1) is 8.05. The van der Waals surface area contributed by atoms with E-state index in [9.17, 15) is 9.90 Å². The third-order valence-electron chi connectivity index (χ3n) is 2.86. The molecule has 1 aliphatic carbocycles. The van der Waals surface area contributed by atoms with Crippen LogP contribution in [0.3, 0.4) is 0 Å². The number of rotatable bonds is 0. The Morgan fingerprint density at radius 3 is 2.67 bits per heavy atom. The van der Waals surface area contributed by atoms with Crippen molar-refractivity contribution in [2.45, 2.75) is 50.2 Å². The maximum atomic E-state index is 11.1. The van der Waals surface area contributed by atoms with E-state index in [-0.39, 0.29) is 18.0 Å². The molecule has 1 aliphatic heterocycles. The molecule has 2 aliphatic rings. The molecule has 3 heteroatoms. The zero-order valence-corrected chi connectivity index (χ0v) is 7.08. The molecule has 1 saturated heterocycles. The van der Waals surface area contributed by atoms with Crippen LogP contribution < -0.4 is 0 Å². The molecule has 0 aromatic rings. The van der Waals surface area contributed by atoms with Gasteiger partial charge in [0.1, 0.15) is 5.60 Å². The van der Waals surface area contributed by atoms with Gasteiger partial charge in [0.05, 0.1) is 12.5 Å². The van der Waals surface area contributed by atoms with Crippen LogP contribution in [0, 0.1) is 0 Å². The van der Waals surface area contributed by atoms with Crippen LogP contribution in [0.15, 0.2) is 0 Å². The highest BCUT2D eigenvalue weighted by Crippen LogP contribution is 2.40. The second-order valence-electron chi connectivity index (χ2n) is 3.93. The monoisotopic (exact) mass is 170 g/mol. The Bertz CT molecular complexity index is 194. The van der Waals surface area contributed by atoms with Crippen molar-refractivity contribution in [3.63, 3.8) is 0 Å². The van der Waals surface area contributed by atoms with Crippen LogP contribution in [-0.4, -0.2) is 22.8 Å². The summed E-state index contributed by atoms with van der Waals surface area (Å²) in [4.78, 5) is 11.1. The third kappa shape index (κ3) is 1.33. The van der Waals surface area contributed by atoms with Crippen molar-refractivity contribution in [2.75, 3.05) is 0 Å². The highest BCUT2D eigenvalue weighted by Gasteiger charge is 2.43. The molecule has 68 valence electrons. The van der Waals surface area contributed by atoms with E-state index in [1.807, 2.05) is 0 Å². The maximum absolute atomic E-state index is 11.1. The van der Waals surface area contributed by atoms with Crippen molar-refractivity contribution < 1.29 is 14.6 Å². The van der Waals surface area contributed by atoms with Crippen LogP contribution >= 0.6 is 0 Å². The fourth-order valence-electron chi connectivity index (χ4n) is 2.34. The van der Waals surface area contributed by atoms with Crippen molar-refractivity contribution in [3.8, 4) is 0 Å². The first-order valence-corrected chi connectivity index (χ1v) is 4.60. The molecule has 0 aromatic heterocycles. The van der Waals surface area contributed by atoms with Gasteiger partial charge in [-0.05, 0) is 25.7 Å². The van der Waals surface area contributed by atoms with E-state index in [1.54, 1.807) is 0 Å². The third-order valence-corrected chi connectivity index (χ3v) is 2.86. The minimum atomic E-state index is -0.468. The van der Waals surface area contributed by atoms with Crippen molar-refractivity contribution in [3.05, 3.63) is 0 Å². The number of aliphatic hydroxyl groups excluding tert-OH is 1. The summed E-state index contributed by atoms with van der Waals surface area (Å²) in [6.07, 6.45) is 4.50. The van der Waals surface area contributed by atoms with Crippen molar-refractivity contribution >= 4 is 5.97 Å². The molecule has 1 unspecified atom stereocenters. The molecule has 0 bridgehead atoms. The molecule has 1 N–H and O–H groups in total. The van der Waals surface area contributed by atoms with Crippen LogP contribution in [0.5, 0.6) is 0 Å². The van der Waals surface area contributed by atoms with Gasteiger partial charge in [0.25, 0.3) is 0 Å². The molecule has 12 heavy (non-hydrogen) atoms. The van der Waals surface area contributed by atoms with Gasteiger partial charge in [-0.15, -0.1) is 0 Å². The summed E-state index contributed by atoms with van der Waals surface area (Å²) in [6.45, 7) is 0. The molecular formula is C9H14O3. The number of aliphatic hydroxyl groups is 1. The maximum Gasteiger partial charge on any atom is 0.308 e. The van der Waals surface area contributed by atoms with E-state index in [2.05, 4.69) is 0 Å². The normalized spacial score (nSPS) is 33.8. The summed E-state index contributed by atoms with van der Waals surface area (Å²) >= 11 is 0. The first-order chi connectivity index (χ1) is 5.70. The zero-order chi connectivity index (χ0) is 8.60. The van der Waals surface area contributed by atoms with E-state index in [1.165, 1.54) is 0 Å². The molecular weight excluding hydrogens is 156 g/mol. The molecule has 1 saturated carbocycles. The van der Waals surface area contributed by atoms with E-state index < -0.39 is 6.10 Å². The van der Waals surface area contributed by atoms with Crippen molar-refractivity contribution in [1.82, 2.24) is 0 Å². The Hall–Kier alpha value is -0.570. The molecule has 2 fully saturated rings. The number of carbonyl (C=O) groups excluding carboxylic acids is 1. The molecule has 0 aromatic carbocycles. The summed E-state index contributed by atoms with van der Waals surface area (Å²) in [5.74, 6) is -0.226. The summed E-state index contributed by atoms with van der Waals surface area (Å²) in [6, 6.07) is 0. The lowest BCUT2D eigenvalue weighted by atomic mass is 9.90. The Morgan fingerprint density at radius 2 is 2.08 bits per heavy atom. The van der Waals surface area contributed by atoms with E-state index >= 15 is 0 Å². The lowest BCUT2D eigenvalue weighted by Gasteiger charge is -2.35. The fraction of sp³-hybridized carbons (Fsp3) is 0.889. The smallest absolute Gasteiger partial charge is 0.308 e. The lowest BCUT2D eigenvalue weighted by molar-refractivity contribution is -0.175. The fourth-order valence-corrected chi connectivity index (χ4v) is 2.34. The SMILES string of the molecule is O=C1CC(O)CC2(CCCC2)O1. The highest BCUT2D eigenvalue weighted by atomic mass is 16.6. The molecule has 1 heterocycles.